The fourth-order valence-electron chi connectivity index (χ4n) is 1.96. The van der Waals surface area contributed by atoms with Crippen molar-refractivity contribution in [3.8, 4) is 0 Å². The molecule has 1 N–H and O–H groups in total. The van der Waals surface area contributed by atoms with Crippen molar-refractivity contribution in [1.29, 1.82) is 0 Å². The van der Waals surface area contributed by atoms with Crippen LogP contribution < -0.4 is 0 Å². The predicted octanol–water partition coefficient (Wildman–Crippen LogP) is 1.17. The van der Waals surface area contributed by atoms with Gasteiger partial charge in [-0.25, -0.2) is 4.21 Å². The summed E-state index contributed by atoms with van der Waals surface area (Å²) in [6.07, 6.45) is 6.29. The van der Waals surface area contributed by atoms with E-state index in [4.69, 9.17) is 4.55 Å². The lowest BCUT2D eigenvalue weighted by molar-refractivity contribution is 0.531. The van der Waals surface area contributed by atoms with Crippen LogP contribution in [0.1, 0.15) is 12.8 Å². The quantitative estimate of drug-likeness (QED) is 0.459. The summed E-state index contributed by atoms with van der Waals surface area (Å²) in [5.74, 6) is 1.00. The molecule has 0 aromatic carbocycles. The summed E-state index contributed by atoms with van der Waals surface area (Å²) in [4.78, 5) is 0. The van der Waals surface area contributed by atoms with Crippen LogP contribution in [0, 0.1) is 11.8 Å². The molecule has 56 valence electrons. The second-order valence-corrected chi connectivity index (χ2v) is 4.25. The molecule has 2 aliphatic carbocycles. The third-order valence-corrected chi connectivity index (χ3v) is 3.54. The summed E-state index contributed by atoms with van der Waals surface area (Å²) in [5, 5.41) is 0.0370. The van der Waals surface area contributed by atoms with E-state index in [0.29, 0.717) is 11.8 Å². The molecule has 1 saturated carbocycles. The van der Waals surface area contributed by atoms with Gasteiger partial charge in [0, 0.05) is 0 Å². The van der Waals surface area contributed by atoms with E-state index in [2.05, 4.69) is 12.2 Å². The Morgan fingerprint density at radius 3 is 2.50 bits per heavy atom. The van der Waals surface area contributed by atoms with Gasteiger partial charge in [0.15, 0.2) is 11.1 Å². The predicted molar refractivity (Wildman–Crippen MR) is 39.9 cm³/mol. The monoisotopic (exact) mass is 158 g/mol. The Kier molecular flexibility index (Phi) is 1.42. The highest BCUT2D eigenvalue weighted by atomic mass is 32.2. The molecule has 2 aliphatic rings. The Morgan fingerprint density at radius 1 is 1.40 bits per heavy atom. The molecule has 0 aromatic rings. The van der Waals surface area contributed by atoms with Crippen LogP contribution >= 0.6 is 0 Å². The first-order valence-corrected chi connectivity index (χ1v) is 4.72. The van der Waals surface area contributed by atoms with E-state index in [-0.39, 0.29) is 5.25 Å². The zero-order chi connectivity index (χ0) is 7.14. The molecule has 0 aliphatic heterocycles. The molecule has 4 unspecified atom stereocenters. The lowest BCUT2D eigenvalue weighted by Crippen LogP contribution is -2.18. The van der Waals surface area contributed by atoms with Crippen molar-refractivity contribution >= 4 is 11.1 Å². The molecule has 0 amide bonds. The van der Waals surface area contributed by atoms with Gasteiger partial charge in [0.2, 0.25) is 0 Å². The van der Waals surface area contributed by atoms with Gasteiger partial charge in [0.1, 0.15) is 0 Å². The summed E-state index contributed by atoms with van der Waals surface area (Å²) in [6.45, 7) is 0. The van der Waals surface area contributed by atoms with Gasteiger partial charge in [-0.3, -0.25) is 0 Å². The zero-order valence-electron chi connectivity index (χ0n) is 5.56. The molecule has 10 heavy (non-hydrogen) atoms. The Labute approximate surface area is 62.6 Å². The second-order valence-electron chi connectivity index (χ2n) is 3.09. The smallest absolute Gasteiger partial charge is 0.156 e. The summed E-state index contributed by atoms with van der Waals surface area (Å²) < 4.78 is 19.5. The fourth-order valence-corrected chi connectivity index (χ4v) is 2.87. The fraction of sp³-hybridized carbons (Fsp3) is 0.714. The first-order valence-electron chi connectivity index (χ1n) is 3.55. The van der Waals surface area contributed by atoms with Crippen molar-refractivity contribution in [2.75, 3.05) is 0 Å². The number of fused-ring (bicyclic) bond motifs is 2. The van der Waals surface area contributed by atoms with Crippen LogP contribution in [0.4, 0.5) is 0 Å². The van der Waals surface area contributed by atoms with Gasteiger partial charge < -0.3 is 4.55 Å². The van der Waals surface area contributed by atoms with E-state index in [1.165, 1.54) is 0 Å². The van der Waals surface area contributed by atoms with Crippen molar-refractivity contribution < 1.29 is 8.76 Å². The highest BCUT2D eigenvalue weighted by molar-refractivity contribution is 7.79. The molecular weight excluding hydrogens is 148 g/mol. The van der Waals surface area contributed by atoms with E-state index in [1.54, 1.807) is 0 Å². The molecule has 3 heteroatoms. The minimum Gasteiger partial charge on any atom is -0.306 e. The lowest BCUT2D eigenvalue weighted by atomic mass is 10.1. The van der Waals surface area contributed by atoms with E-state index in [1.807, 2.05) is 0 Å². The summed E-state index contributed by atoms with van der Waals surface area (Å²) in [7, 11) is 0. The zero-order valence-corrected chi connectivity index (χ0v) is 6.38. The summed E-state index contributed by atoms with van der Waals surface area (Å²) >= 11 is -1.59. The second kappa shape index (κ2) is 2.17. The molecule has 0 spiro atoms. The van der Waals surface area contributed by atoms with Crippen molar-refractivity contribution in [2.24, 2.45) is 11.8 Å². The van der Waals surface area contributed by atoms with Crippen LogP contribution in [-0.4, -0.2) is 14.0 Å². The van der Waals surface area contributed by atoms with Gasteiger partial charge in [-0.2, -0.15) is 0 Å². The lowest BCUT2D eigenvalue weighted by Gasteiger charge is -2.12. The van der Waals surface area contributed by atoms with Gasteiger partial charge in [0.05, 0.1) is 5.25 Å². The molecule has 4 atom stereocenters. The molecule has 1 fully saturated rings. The third kappa shape index (κ3) is 0.847. The molecule has 2 rings (SSSR count). The molecule has 0 heterocycles. The third-order valence-electron chi connectivity index (χ3n) is 2.48. The van der Waals surface area contributed by atoms with Crippen LogP contribution in [0.15, 0.2) is 12.2 Å². The SMILES string of the molecule is O=S(O)C1CC2C=CC1C2. The highest BCUT2D eigenvalue weighted by Gasteiger charge is 2.38. The topological polar surface area (TPSA) is 37.3 Å². The average Bonchev–Trinajstić information content (AvgIpc) is 2.44. The molecular formula is C7H10O2S. The largest absolute Gasteiger partial charge is 0.306 e. The molecule has 2 nitrogen and oxygen atoms in total. The maximum absolute atomic E-state index is 10.7. The number of hydrogen-bond acceptors (Lipinski definition) is 1. The molecule has 0 radical (unpaired) electrons. The Morgan fingerprint density at radius 2 is 2.20 bits per heavy atom. The van der Waals surface area contributed by atoms with Crippen molar-refractivity contribution in [3.63, 3.8) is 0 Å². The van der Waals surface area contributed by atoms with Crippen molar-refractivity contribution in [3.05, 3.63) is 12.2 Å². The average molecular weight is 158 g/mol. The van der Waals surface area contributed by atoms with Gasteiger partial charge in [-0.1, -0.05) is 12.2 Å². The maximum atomic E-state index is 10.7. The first-order chi connectivity index (χ1) is 4.77. The van der Waals surface area contributed by atoms with Crippen LogP contribution in [0.5, 0.6) is 0 Å². The Hall–Kier alpha value is -0.150. The van der Waals surface area contributed by atoms with Crippen LogP contribution in [-0.2, 0) is 11.1 Å². The maximum Gasteiger partial charge on any atom is 0.156 e. The van der Waals surface area contributed by atoms with Crippen molar-refractivity contribution in [2.45, 2.75) is 18.1 Å². The number of hydrogen-bond donors (Lipinski definition) is 1. The Bertz CT molecular complexity index is 200. The number of rotatable bonds is 1. The molecule has 0 saturated heterocycles. The minimum atomic E-state index is -1.59. The van der Waals surface area contributed by atoms with Crippen LogP contribution in [0.3, 0.4) is 0 Å². The number of allylic oxidation sites excluding steroid dienone is 2. The van der Waals surface area contributed by atoms with Crippen LogP contribution in [0.2, 0.25) is 0 Å². The van der Waals surface area contributed by atoms with Gasteiger partial charge >= 0.3 is 0 Å². The molecule has 0 aromatic heterocycles. The van der Waals surface area contributed by atoms with Gasteiger partial charge in [-0.15, -0.1) is 0 Å². The van der Waals surface area contributed by atoms with E-state index < -0.39 is 11.1 Å². The van der Waals surface area contributed by atoms with E-state index in [0.717, 1.165) is 12.8 Å². The van der Waals surface area contributed by atoms with Gasteiger partial charge in [0.25, 0.3) is 0 Å². The van der Waals surface area contributed by atoms with Crippen LogP contribution in [0.25, 0.3) is 0 Å². The van der Waals surface area contributed by atoms with E-state index in [9.17, 15) is 4.21 Å². The summed E-state index contributed by atoms with van der Waals surface area (Å²) in [6, 6.07) is 0. The van der Waals surface area contributed by atoms with Gasteiger partial charge in [-0.05, 0) is 24.7 Å². The van der Waals surface area contributed by atoms with Crippen molar-refractivity contribution in [1.82, 2.24) is 0 Å². The molecule has 2 bridgehead atoms. The Balaban J connectivity index is 2.16. The van der Waals surface area contributed by atoms with E-state index >= 15 is 0 Å². The highest BCUT2D eigenvalue weighted by Crippen LogP contribution is 2.41. The minimum absolute atomic E-state index is 0.0370. The normalized spacial score (nSPS) is 46.3. The standard InChI is InChI=1S/C7H10O2S/c8-10(9)7-4-5-1-2-6(7)3-5/h1-2,5-7H,3-4H2,(H,8,9). The summed E-state index contributed by atoms with van der Waals surface area (Å²) in [5.41, 5.74) is 0. The first kappa shape index (κ1) is 6.55.